The number of piperidine rings is 1. The van der Waals surface area contributed by atoms with Crippen molar-refractivity contribution in [3.8, 4) is 0 Å². The zero-order valence-corrected chi connectivity index (χ0v) is 16.1. The topological polar surface area (TPSA) is 67.4 Å². The number of rotatable bonds is 6. The summed E-state index contributed by atoms with van der Waals surface area (Å²) in [5.41, 5.74) is -0.00233. The van der Waals surface area contributed by atoms with E-state index >= 15 is 0 Å². The molecule has 0 aliphatic carbocycles. The molecule has 0 radical (unpaired) electrons. The maximum absolute atomic E-state index is 13.5. The summed E-state index contributed by atoms with van der Waals surface area (Å²) in [5, 5.41) is 3.14. The van der Waals surface area contributed by atoms with Gasteiger partial charge in [0.25, 0.3) is 0 Å². The molecule has 9 heteroatoms. The highest BCUT2D eigenvalue weighted by Gasteiger charge is 2.34. The first-order valence-electron chi connectivity index (χ1n) is 7.45. The van der Waals surface area contributed by atoms with Crippen molar-refractivity contribution < 1.29 is 17.5 Å². The van der Waals surface area contributed by atoms with Crippen LogP contribution in [-0.4, -0.2) is 41.8 Å². The third-order valence-corrected chi connectivity index (χ3v) is 6.12. The number of sulfonamides is 1. The lowest BCUT2D eigenvalue weighted by Gasteiger charge is -2.37. The number of hydrogen-bond donors (Lipinski definition) is 2. The van der Waals surface area contributed by atoms with E-state index in [0.717, 1.165) is 32.0 Å². The van der Waals surface area contributed by atoms with E-state index in [2.05, 4.69) is 10.0 Å². The standard InChI is InChI=1S/C15H22ClFN2O3S.ClH/c1-11-7-14(12(16)8-13(11)17)23(20,21)19-9-15(10-22-2)3-5-18-6-4-15;/h7-8,18-19H,3-6,9-10H2,1-2H3;1H. The number of hydrogen-bond acceptors (Lipinski definition) is 4. The fraction of sp³-hybridized carbons (Fsp3) is 0.600. The van der Waals surface area contributed by atoms with Gasteiger partial charge in [-0.15, -0.1) is 12.4 Å². The molecule has 1 saturated heterocycles. The lowest BCUT2D eigenvalue weighted by molar-refractivity contribution is 0.0577. The molecule has 0 amide bonds. The molecule has 0 bridgehead atoms. The molecule has 1 aliphatic heterocycles. The molecule has 1 fully saturated rings. The number of ether oxygens (including phenoxy) is 1. The van der Waals surface area contributed by atoms with Crippen LogP contribution < -0.4 is 10.0 Å². The van der Waals surface area contributed by atoms with E-state index in [0.29, 0.717) is 6.61 Å². The van der Waals surface area contributed by atoms with Gasteiger partial charge < -0.3 is 10.1 Å². The van der Waals surface area contributed by atoms with Crippen molar-refractivity contribution in [2.75, 3.05) is 33.4 Å². The largest absolute Gasteiger partial charge is 0.384 e. The summed E-state index contributed by atoms with van der Waals surface area (Å²) in [6.45, 7) is 3.89. The lowest BCUT2D eigenvalue weighted by Crippen LogP contribution is -2.47. The Hall–Kier alpha value is -0.440. The zero-order chi connectivity index (χ0) is 17.1. The van der Waals surface area contributed by atoms with Gasteiger partial charge in [-0.3, -0.25) is 0 Å². The van der Waals surface area contributed by atoms with E-state index < -0.39 is 15.8 Å². The third kappa shape index (κ3) is 5.03. The molecule has 0 saturated carbocycles. The van der Waals surface area contributed by atoms with Crippen molar-refractivity contribution in [1.29, 1.82) is 0 Å². The SMILES string of the molecule is COCC1(CNS(=O)(=O)c2cc(C)c(F)cc2Cl)CCNCC1.Cl. The van der Waals surface area contributed by atoms with Crippen LogP contribution in [0.3, 0.4) is 0 Å². The van der Waals surface area contributed by atoms with E-state index in [1.807, 2.05) is 0 Å². The Labute approximate surface area is 153 Å². The monoisotopic (exact) mass is 400 g/mol. The quantitative estimate of drug-likeness (QED) is 0.769. The molecule has 1 heterocycles. The van der Waals surface area contributed by atoms with Gasteiger partial charge in [0.2, 0.25) is 10.0 Å². The van der Waals surface area contributed by atoms with Crippen LogP contribution in [0.2, 0.25) is 5.02 Å². The van der Waals surface area contributed by atoms with Crippen LogP contribution in [-0.2, 0) is 14.8 Å². The molecule has 1 aliphatic rings. The second-order valence-electron chi connectivity index (χ2n) is 6.04. The number of nitrogens with one attached hydrogen (secondary N) is 2. The van der Waals surface area contributed by atoms with Crippen molar-refractivity contribution in [1.82, 2.24) is 10.0 Å². The average molecular weight is 401 g/mol. The second kappa shape index (κ2) is 8.78. The van der Waals surface area contributed by atoms with Crippen LogP contribution in [0.1, 0.15) is 18.4 Å². The molecule has 5 nitrogen and oxygen atoms in total. The predicted molar refractivity (Wildman–Crippen MR) is 95.0 cm³/mol. The molecule has 0 aromatic heterocycles. The van der Waals surface area contributed by atoms with Gasteiger partial charge in [-0.05, 0) is 50.6 Å². The molecule has 0 unspecified atom stereocenters. The normalized spacial score (nSPS) is 17.3. The van der Waals surface area contributed by atoms with E-state index in [9.17, 15) is 12.8 Å². The van der Waals surface area contributed by atoms with E-state index in [1.165, 1.54) is 13.0 Å². The van der Waals surface area contributed by atoms with Crippen LogP contribution in [0.15, 0.2) is 17.0 Å². The Morgan fingerprint density at radius 2 is 2.00 bits per heavy atom. The Balaban J connectivity index is 0.00000288. The summed E-state index contributed by atoms with van der Waals surface area (Å²) in [7, 11) is -2.20. The summed E-state index contributed by atoms with van der Waals surface area (Å²) in [5.74, 6) is -0.525. The molecule has 1 aromatic rings. The van der Waals surface area contributed by atoms with Crippen molar-refractivity contribution in [2.24, 2.45) is 5.41 Å². The minimum atomic E-state index is -3.81. The molecule has 1 aromatic carbocycles. The second-order valence-corrected chi connectivity index (χ2v) is 8.18. The first-order chi connectivity index (χ1) is 10.8. The molecular formula is C15H23Cl2FN2O3S. The first-order valence-corrected chi connectivity index (χ1v) is 9.31. The van der Waals surface area contributed by atoms with Crippen LogP contribution in [0.4, 0.5) is 4.39 Å². The average Bonchev–Trinajstić information content (AvgIpc) is 2.50. The minimum Gasteiger partial charge on any atom is -0.384 e. The summed E-state index contributed by atoms with van der Waals surface area (Å²) in [6, 6.07) is 2.28. The van der Waals surface area contributed by atoms with Crippen molar-refractivity contribution in [3.63, 3.8) is 0 Å². The highest BCUT2D eigenvalue weighted by atomic mass is 35.5. The molecular weight excluding hydrogens is 378 g/mol. The summed E-state index contributed by atoms with van der Waals surface area (Å²) in [4.78, 5) is -0.0976. The molecule has 0 atom stereocenters. The van der Waals surface area contributed by atoms with E-state index in [4.69, 9.17) is 16.3 Å². The maximum Gasteiger partial charge on any atom is 0.242 e. The Morgan fingerprint density at radius 1 is 1.38 bits per heavy atom. The molecule has 24 heavy (non-hydrogen) atoms. The van der Waals surface area contributed by atoms with Crippen molar-refractivity contribution in [3.05, 3.63) is 28.5 Å². The minimum absolute atomic E-state index is 0. The molecule has 138 valence electrons. The molecule has 0 spiro atoms. The summed E-state index contributed by atoms with van der Waals surface area (Å²) >= 11 is 5.91. The third-order valence-electron chi connectivity index (χ3n) is 4.25. The highest BCUT2D eigenvalue weighted by molar-refractivity contribution is 7.89. The Bertz CT molecular complexity index is 659. The molecule has 2 N–H and O–H groups in total. The number of aryl methyl sites for hydroxylation is 1. The first kappa shape index (κ1) is 21.6. The van der Waals surface area contributed by atoms with Crippen molar-refractivity contribution >= 4 is 34.0 Å². The van der Waals surface area contributed by atoms with Gasteiger partial charge in [-0.1, -0.05) is 11.6 Å². The summed E-state index contributed by atoms with van der Waals surface area (Å²) in [6.07, 6.45) is 1.64. The fourth-order valence-corrected chi connectivity index (χ4v) is 4.55. The number of benzene rings is 1. The zero-order valence-electron chi connectivity index (χ0n) is 13.7. The lowest BCUT2D eigenvalue weighted by atomic mass is 9.80. The van der Waals surface area contributed by atoms with Crippen LogP contribution in [0.25, 0.3) is 0 Å². The Kier molecular flexibility index (Phi) is 7.90. The highest BCUT2D eigenvalue weighted by Crippen LogP contribution is 2.30. The van der Waals surface area contributed by atoms with E-state index in [1.54, 1.807) is 7.11 Å². The van der Waals surface area contributed by atoms with Gasteiger partial charge in [0.05, 0.1) is 11.6 Å². The van der Waals surface area contributed by atoms with Crippen LogP contribution >= 0.6 is 24.0 Å². The smallest absolute Gasteiger partial charge is 0.242 e. The number of halogens is 3. The van der Waals surface area contributed by atoms with E-state index in [-0.39, 0.29) is 39.8 Å². The van der Waals surface area contributed by atoms with Crippen LogP contribution in [0, 0.1) is 18.2 Å². The fourth-order valence-electron chi connectivity index (χ4n) is 2.80. The Morgan fingerprint density at radius 3 is 2.58 bits per heavy atom. The molecule has 2 rings (SSSR count). The summed E-state index contributed by atoms with van der Waals surface area (Å²) < 4.78 is 46.4. The van der Waals surface area contributed by atoms with Gasteiger partial charge in [0.15, 0.2) is 0 Å². The number of methoxy groups -OCH3 is 1. The van der Waals surface area contributed by atoms with Gasteiger partial charge in [0.1, 0.15) is 10.7 Å². The van der Waals surface area contributed by atoms with Gasteiger partial charge in [-0.25, -0.2) is 17.5 Å². The van der Waals surface area contributed by atoms with Crippen molar-refractivity contribution in [2.45, 2.75) is 24.7 Å². The van der Waals surface area contributed by atoms with Gasteiger partial charge in [-0.2, -0.15) is 0 Å². The van der Waals surface area contributed by atoms with Gasteiger partial charge in [0, 0.05) is 19.1 Å². The van der Waals surface area contributed by atoms with Gasteiger partial charge >= 0.3 is 0 Å². The van der Waals surface area contributed by atoms with Crippen LogP contribution in [0.5, 0.6) is 0 Å². The predicted octanol–water partition coefficient (Wildman–Crippen LogP) is 2.50. The maximum atomic E-state index is 13.5.